The van der Waals surface area contributed by atoms with Gasteiger partial charge in [-0.2, -0.15) is 0 Å². The third-order valence-corrected chi connectivity index (χ3v) is 7.05. The zero-order valence-electron chi connectivity index (χ0n) is 19.1. The first kappa shape index (κ1) is 24.1. The van der Waals surface area contributed by atoms with Crippen molar-refractivity contribution in [1.82, 2.24) is 5.32 Å². The largest absolute Gasteiger partial charge is 0.508 e. The maximum absolute atomic E-state index is 13.6. The molecule has 1 fully saturated rings. The van der Waals surface area contributed by atoms with Gasteiger partial charge in [0, 0.05) is 49.8 Å². The molecule has 3 aliphatic carbocycles. The van der Waals surface area contributed by atoms with Crippen molar-refractivity contribution in [3.63, 3.8) is 0 Å². The summed E-state index contributed by atoms with van der Waals surface area (Å²) in [5.74, 6) is -6.91. The van der Waals surface area contributed by atoms with Gasteiger partial charge in [0.15, 0.2) is 11.4 Å². The van der Waals surface area contributed by atoms with Gasteiger partial charge in [-0.25, -0.2) is 4.79 Å². The van der Waals surface area contributed by atoms with Crippen molar-refractivity contribution in [2.45, 2.75) is 31.4 Å². The van der Waals surface area contributed by atoms with E-state index < -0.39 is 58.0 Å². The van der Waals surface area contributed by atoms with Crippen LogP contribution in [0.3, 0.4) is 0 Å². The number of rotatable bonds is 4. The number of primary amides is 2. The molecule has 3 atom stereocenters. The Labute approximate surface area is 199 Å². The Balaban J connectivity index is 1.93. The summed E-state index contributed by atoms with van der Waals surface area (Å²) in [6, 6.07) is 0.799. The van der Waals surface area contributed by atoms with Crippen LogP contribution in [0.25, 0.3) is 5.76 Å². The summed E-state index contributed by atoms with van der Waals surface area (Å²) in [6.45, 7) is -0.158. The number of urea groups is 1. The molecule has 0 heterocycles. The van der Waals surface area contributed by atoms with Crippen LogP contribution in [-0.2, 0) is 27.3 Å². The number of aromatic hydroxyl groups is 1. The van der Waals surface area contributed by atoms with Crippen molar-refractivity contribution in [2.75, 3.05) is 19.0 Å². The van der Waals surface area contributed by atoms with E-state index in [9.17, 15) is 39.6 Å². The van der Waals surface area contributed by atoms with Crippen LogP contribution >= 0.6 is 0 Å². The number of Topliss-reactive ketones (excluding diaryl/α,β-unsaturated/α-hetero) is 2. The number of phenols is 1. The smallest absolute Gasteiger partial charge is 0.312 e. The number of anilines is 1. The van der Waals surface area contributed by atoms with E-state index in [2.05, 4.69) is 5.32 Å². The lowest BCUT2D eigenvalue weighted by Crippen LogP contribution is -2.58. The third-order valence-electron chi connectivity index (χ3n) is 7.05. The van der Waals surface area contributed by atoms with Crippen LogP contribution in [0.1, 0.15) is 29.5 Å². The van der Waals surface area contributed by atoms with Crippen LogP contribution in [0.5, 0.6) is 5.75 Å². The molecule has 0 bridgehead atoms. The summed E-state index contributed by atoms with van der Waals surface area (Å²) in [5, 5.41) is 46.5. The van der Waals surface area contributed by atoms with Gasteiger partial charge in [0.05, 0.1) is 5.56 Å². The number of nitrogens with one attached hydrogen (secondary N) is 1. The summed E-state index contributed by atoms with van der Waals surface area (Å²) >= 11 is 0. The van der Waals surface area contributed by atoms with Crippen molar-refractivity contribution in [3.8, 4) is 5.75 Å². The number of phenolic OH excluding ortho intramolecular Hbond substituents is 1. The Morgan fingerprint density at radius 1 is 1.17 bits per heavy atom. The number of benzene rings is 1. The van der Waals surface area contributed by atoms with Crippen LogP contribution < -0.4 is 21.7 Å². The zero-order chi connectivity index (χ0) is 26.0. The van der Waals surface area contributed by atoms with E-state index in [1.807, 2.05) is 0 Å². The molecule has 0 radical (unpaired) electrons. The van der Waals surface area contributed by atoms with E-state index in [0.29, 0.717) is 11.3 Å². The Morgan fingerprint density at radius 2 is 1.83 bits per heavy atom. The molecule has 4 rings (SSSR count). The van der Waals surface area contributed by atoms with Crippen LogP contribution in [0.15, 0.2) is 23.0 Å². The maximum Gasteiger partial charge on any atom is 0.312 e. The zero-order valence-corrected chi connectivity index (χ0v) is 19.1. The van der Waals surface area contributed by atoms with Crippen molar-refractivity contribution in [1.29, 1.82) is 0 Å². The van der Waals surface area contributed by atoms with Gasteiger partial charge in [-0.3, -0.25) is 14.4 Å². The van der Waals surface area contributed by atoms with Gasteiger partial charge >= 0.3 is 6.03 Å². The maximum atomic E-state index is 13.6. The van der Waals surface area contributed by atoms with Crippen LogP contribution in [0, 0.1) is 11.8 Å². The minimum atomic E-state index is -2.62. The van der Waals surface area contributed by atoms with E-state index in [1.165, 1.54) is 0 Å². The highest BCUT2D eigenvalue weighted by molar-refractivity contribution is 6.22. The summed E-state index contributed by atoms with van der Waals surface area (Å²) in [4.78, 5) is 50.6. The first-order valence-electron chi connectivity index (χ1n) is 10.9. The van der Waals surface area contributed by atoms with Crippen molar-refractivity contribution >= 4 is 35.0 Å². The number of carbonyl (C=O) groups excluding carboxylic acids is 4. The van der Waals surface area contributed by atoms with Crippen LogP contribution in [0.4, 0.5) is 10.5 Å². The van der Waals surface area contributed by atoms with Crippen molar-refractivity contribution in [2.24, 2.45) is 23.3 Å². The highest BCUT2D eigenvalue weighted by atomic mass is 16.3. The molecule has 0 aromatic heterocycles. The Morgan fingerprint density at radius 3 is 2.40 bits per heavy atom. The molecule has 9 N–H and O–H groups in total. The van der Waals surface area contributed by atoms with E-state index in [0.717, 1.165) is 0 Å². The second-order valence-corrected chi connectivity index (χ2v) is 9.28. The summed E-state index contributed by atoms with van der Waals surface area (Å²) in [7, 11) is 3.49. The topological polar surface area (TPSA) is 217 Å². The summed E-state index contributed by atoms with van der Waals surface area (Å²) in [5.41, 5.74) is 7.92. The number of hydrogen-bond acceptors (Lipinski definition) is 9. The van der Waals surface area contributed by atoms with Crippen molar-refractivity contribution < 1.29 is 39.6 Å². The second-order valence-electron chi connectivity index (χ2n) is 9.28. The molecular weight excluding hydrogens is 460 g/mol. The molecule has 0 unspecified atom stereocenters. The molecule has 1 aromatic rings. The molecule has 35 heavy (non-hydrogen) atoms. The predicted molar refractivity (Wildman–Crippen MR) is 122 cm³/mol. The quantitative estimate of drug-likeness (QED) is 0.276. The third kappa shape index (κ3) is 3.40. The Bertz CT molecular complexity index is 1260. The number of amides is 3. The molecular formula is C23H26N4O8. The van der Waals surface area contributed by atoms with Crippen molar-refractivity contribution in [3.05, 3.63) is 39.7 Å². The highest BCUT2D eigenvalue weighted by Crippen LogP contribution is 2.53. The van der Waals surface area contributed by atoms with E-state index in [4.69, 9.17) is 11.5 Å². The minimum absolute atomic E-state index is 0.0432. The fourth-order valence-corrected chi connectivity index (χ4v) is 5.44. The molecule has 0 aliphatic heterocycles. The van der Waals surface area contributed by atoms with Crippen LogP contribution in [0.2, 0.25) is 0 Å². The molecule has 0 saturated heterocycles. The average molecular weight is 486 g/mol. The normalized spacial score (nSPS) is 25.6. The minimum Gasteiger partial charge on any atom is -0.508 e. The average Bonchev–Trinajstić information content (AvgIpc) is 2.75. The van der Waals surface area contributed by atoms with Gasteiger partial charge in [-0.15, -0.1) is 0 Å². The van der Waals surface area contributed by atoms with Gasteiger partial charge in [-0.1, -0.05) is 0 Å². The molecule has 3 aliphatic rings. The first-order chi connectivity index (χ1) is 16.3. The van der Waals surface area contributed by atoms with E-state index in [-0.39, 0.29) is 48.3 Å². The SMILES string of the molecule is CN(C)c1cc(CNC(N)=O)c(O)c2c1C[C@H]1C[C@H]3CC(=O)C(C(N)=O)=C(O)[C@@]3(O)C(=O)C1=C2O. The van der Waals surface area contributed by atoms with Gasteiger partial charge in [0.1, 0.15) is 22.8 Å². The predicted octanol–water partition coefficient (Wildman–Crippen LogP) is -0.342. The summed E-state index contributed by atoms with van der Waals surface area (Å²) in [6.07, 6.45) is -0.161. The number of hydrogen-bond donors (Lipinski definition) is 7. The summed E-state index contributed by atoms with van der Waals surface area (Å²) < 4.78 is 0. The number of aliphatic hydroxyl groups excluding tert-OH is 2. The molecule has 12 nitrogen and oxygen atoms in total. The molecule has 186 valence electrons. The number of nitrogens with two attached hydrogens (primary N) is 2. The van der Waals surface area contributed by atoms with Gasteiger partial charge < -0.3 is 42.1 Å². The number of fused-ring (bicyclic) bond motifs is 3. The standard InChI is InChI=1S/C23H26N4O8/c1-27(2)12-5-9(7-26-22(25)34)17(29)15-11(12)4-8-3-10-6-13(28)16(21(24)33)20(32)23(10,35)19(31)14(8)18(15)30/h5,8,10,29-30,32,35H,3-4,6-7H2,1-2H3,(H2,24,33)(H3,25,26,34)/t8-,10+,23+/m1/s1. The molecule has 12 heteroatoms. The fraction of sp³-hybridized carbons (Fsp3) is 0.391. The van der Waals surface area contributed by atoms with Gasteiger partial charge in [-0.05, 0) is 30.4 Å². The number of carbonyl (C=O) groups is 4. The second kappa shape index (κ2) is 8.01. The lowest BCUT2D eigenvalue weighted by molar-refractivity contribution is -0.147. The van der Waals surface area contributed by atoms with Gasteiger partial charge in [0.25, 0.3) is 5.91 Å². The molecule has 3 amide bonds. The van der Waals surface area contributed by atoms with E-state index in [1.54, 1.807) is 25.1 Å². The lowest BCUT2D eigenvalue weighted by atomic mass is 9.59. The van der Waals surface area contributed by atoms with Gasteiger partial charge in [0.2, 0.25) is 5.78 Å². The number of ketones is 2. The van der Waals surface area contributed by atoms with Crippen LogP contribution in [-0.4, -0.2) is 63.6 Å². The van der Waals surface area contributed by atoms with E-state index >= 15 is 0 Å². The number of nitrogens with zero attached hydrogens (tertiary/aromatic N) is 1. The number of aliphatic hydroxyl groups is 3. The Kier molecular flexibility index (Phi) is 5.51. The Hall–Kier alpha value is -4.06. The molecule has 0 spiro atoms. The first-order valence-corrected chi connectivity index (χ1v) is 10.9. The lowest BCUT2D eigenvalue weighted by Gasteiger charge is -2.46. The molecule has 1 saturated carbocycles. The monoisotopic (exact) mass is 486 g/mol. The fourth-order valence-electron chi connectivity index (χ4n) is 5.44. The molecule has 1 aromatic carbocycles. The highest BCUT2D eigenvalue weighted by Gasteiger charge is 2.60.